The highest BCUT2D eigenvalue weighted by Gasteiger charge is 2.41. The van der Waals surface area contributed by atoms with Gasteiger partial charge in [0.2, 0.25) is 0 Å². The van der Waals surface area contributed by atoms with Gasteiger partial charge in [0.05, 0.1) is 6.10 Å². The van der Waals surface area contributed by atoms with Gasteiger partial charge in [0.25, 0.3) is 0 Å². The van der Waals surface area contributed by atoms with Gasteiger partial charge in [0, 0.05) is 18.1 Å². The van der Waals surface area contributed by atoms with E-state index in [-0.39, 0.29) is 11.1 Å². The highest BCUT2D eigenvalue weighted by Crippen LogP contribution is 2.42. The van der Waals surface area contributed by atoms with Crippen LogP contribution in [0.5, 0.6) is 0 Å². The Morgan fingerprint density at radius 1 is 1.39 bits per heavy atom. The van der Waals surface area contributed by atoms with Crippen LogP contribution < -0.4 is 4.73 Å². The van der Waals surface area contributed by atoms with Crippen LogP contribution in [-0.4, -0.2) is 8.32 Å². The molecule has 0 fully saturated rings. The number of fused-ring (bicyclic) bond motifs is 1. The Morgan fingerprint density at radius 3 is 2.67 bits per heavy atom. The fourth-order valence-electron chi connectivity index (χ4n) is 2.16. The number of aromatic nitrogens is 1. The molecule has 1 atom stereocenters. The van der Waals surface area contributed by atoms with E-state index >= 15 is 0 Å². The molecule has 0 aromatic carbocycles. The van der Waals surface area contributed by atoms with Gasteiger partial charge >= 0.3 is 0 Å². The Balaban J connectivity index is 2.23. The van der Waals surface area contributed by atoms with Gasteiger partial charge in [-0.25, -0.2) is 0 Å². The molecular weight excluding hydrogens is 242 g/mol. The lowest BCUT2D eigenvalue weighted by atomic mass is 10.2. The second kappa shape index (κ2) is 4.35. The Kier molecular flexibility index (Phi) is 3.28. The summed E-state index contributed by atoms with van der Waals surface area (Å²) in [5.41, 5.74) is 1.98. The van der Waals surface area contributed by atoms with Crippen LogP contribution in [0.25, 0.3) is 0 Å². The molecule has 2 rings (SSSR count). The van der Waals surface area contributed by atoms with Gasteiger partial charge in [0.1, 0.15) is 0 Å². The Labute approximate surface area is 111 Å². The Hall–Kier alpha value is -0.873. The molecule has 3 nitrogen and oxygen atoms in total. The number of nitrogens with zero attached hydrogens (tertiary/aromatic N) is 1. The maximum absolute atomic E-state index is 11.7. The smallest absolute Gasteiger partial charge is 0.198 e. The fraction of sp³-hybridized carbons (Fsp3) is 0.643. The standard InChI is InChI=1S/C14H23NO2Si/c1-14(2,3)18(4,5)17-13-9-8-12-11(13)7-6-10-15(12)16/h6-7,10,13H,8-9H2,1-5H3. The summed E-state index contributed by atoms with van der Waals surface area (Å²) in [6.45, 7) is 11.3. The van der Waals surface area contributed by atoms with Crippen molar-refractivity contribution in [1.82, 2.24) is 0 Å². The molecular formula is C14H23NO2Si. The summed E-state index contributed by atoms with van der Waals surface area (Å²) in [5.74, 6) is 0. The van der Waals surface area contributed by atoms with Crippen molar-refractivity contribution in [1.29, 1.82) is 0 Å². The van der Waals surface area contributed by atoms with Gasteiger partial charge in [-0.1, -0.05) is 20.8 Å². The minimum Gasteiger partial charge on any atom is -0.618 e. The van der Waals surface area contributed by atoms with Crippen LogP contribution in [0.4, 0.5) is 0 Å². The topological polar surface area (TPSA) is 36.2 Å². The van der Waals surface area contributed by atoms with Gasteiger partial charge in [-0.15, -0.1) is 0 Å². The summed E-state index contributed by atoms with van der Waals surface area (Å²) >= 11 is 0. The minimum atomic E-state index is -1.77. The summed E-state index contributed by atoms with van der Waals surface area (Å²) in [5, 5.41) is 11.9. The monoisotopic (exact) mass is 265 g/mol. The SMILES string of the molecule is CC(C)(C)[Si](C)(C)OC1CCc2c1ccc[n+]2[O-]. The number of rotatable bonds is 2. The van der Waals surface area contributed by atoms with Crippen molar-refractivity contribution in [3.05, 3.63) is 34.8 Å². The van der Waals surface area contributed by atoms with Crippen LogP contribution in [0.1, 0.15) is 44.6 Å². The van der Waals surface area contributed by atoms with Gasteiger partial charge in [-0.3, -0.25) is 0 Å². The first-order valence-corrected chi connectivity index (χ1v) is 9.52. The van der Waals surface area contributed by atoms with Crippen molar-refractivity contribution in [2.45, 2.75) is 57.8 Å². The predicted octanol–water partition coefficient (Wildman–Crippen LogP) is 3.33. The molecule has 0 N–H and O–H groups in total. The largest absolute Gasteiger partial charge is 0.618 e. The van der Waals surface area contributed by atoms with E-state index < -0.39 is 8.32 Å². The lowest BCUT2D eigenvalue weighted by molar-refractivity contribution is -0.613. The number of hydrogen-bond donors (Lipinski definition) is 0. The first kappa shape index (κ1) is 13.6. The third kappa shape index (κ3) is 2.31. The molecule has 0 saturated heterocycles. The zero-order chi connectivity index (χ0) is 13.6. The van der Waals surface area contributed by atoms with E-state index in [4.69, 9.17) is 4.43 Å². The van der Waals surface area contributed by atoms with Crippen LogP contribution in [0.3, 0.4) is 0 Å². The summed E-state index contributed by atoms with van der Waals surface area (Å²) in [6, 6.07) is 3.85. The van der Waals surface area contributed by atoms with E-state index in [2.05, 4.69) is 33.9 Å². The van der Waals surface area contributed by atoms with Gasteiger partial charge in [0.15, 0.2) is 20.2 Å². The lowest BCUT2D eigenvalue weighted by Crippen LogP contribution is -2.41. The van der Waals surface area contributed by atoms with E-state index in [9.17, 15) is 5.21 Å². The average Bonchev–Trinajstić information content (AvgIpc) is 2.61. The molecule has 100 valence electrons. The van der Waals surface area contributed by atoms with E-state index in [1.807, 2.05) is 12.1 Å². The molecule has 4 heteroatoms. The second-order valence-corrected chi connectivity index (χ2v) is 11.4. The summed E-state index contributed by atoms with van der Waals surface area (Å²) in [4.78, 5) is 0. The van der Waals surface area contributed by atoms with Gasteiger partial charge in [-0.05, 0) is 30.6 Å². The normalized spacial score (nSPS) is 19.9. The first-order valence-electron chi connectivity index (χ1n) is 6.61. The highest BCUT2D eigenvalue weighted by atomic mass is 28.4. The van der Waals surface area contributed by atoms with Gasteiger partial charge < -0.3 is 9.63 Å². The van der Waals surface area contributed by atoms with Crippen molar-refractivity contribution in [3.8, 4) is 0 Å². The molecule has 1 heterocycles. The maximum Gasteiger partial charge on any atom is 0.198 e. The first-order chi connectivity index (χ1) is 8.22. The van der Waals surface area contributed by atoms with E-state index in [1.54, 1.807) is 6.20 Å². The molecule has 1 aliphatic carbocycles. The van der Waals surface area contributed by atoms with Crippen LogP contribution >= 0.6 is 0 Å². The van der Waals surface area contributed by atoms with Crippen molar-refractivity contribution in [3.63, 3.8) is 0 Å². The maximum atomic E-state index is 11.7. The lowest BCUT2D eigenvalue weighted by Gasteiger charge is -2.38. The summed E-state index contributed by atoms with van der Waals surface area (Å²) < 4.78 is 7.42. The zero-order valence-corrected chi connectivity index (χ0v) is 13.0. The second-order valence-electron chi connectivity index (χ2n) is 6.64. The van der Waals surface area contributed by atoms with E-state index in [0.717, 1.165) is 28.8 Å². The third-order valence-electron chi connectivity index (χ3n) is 4.33. The quantitative estimate of drug-likeness (QED) is 0.467. The van der Waals surface area contributed by atoms with Crippen molar-refractivity contribution < 1.29 is 9.16 Å². The third-order valence-corrected chi connectivity index (χ3v) is 8.82. The average molecular weight is 265 g/mol. The molecule has 0 spiro atoms. The molecule has 0 saturated carbocycles. The van der Waals surface area contributed by atoms with Crippen LogP contribution in [-0.2, 0) is 10.8 Å². The molecule has 0 radical (unpaired) electrons. The highest BCUT2D eigenvalue weighted by molar-refractivity contribution is 6.74. The molecule has 0 aliphatic heterocycles. The minimum absolute atomic E-state index is 0.113. The molecule has 18 heavy (non-hydrogen) atoms. The van der Waals surface area contributed by atoms with Crippen LogP contribution in [0.2, 0.25) is 18.1 Å². The molecule has 0 bridgehead atoms. The van der Waals surface area contributed by atoms with Crippen LogP contribution in [0.15, 0.2) is 18.3 Å². The molecule has 0 amide bonds. The van der Waals surface area contributed by atoms with Crippen molar-refractivity contribution in [2.24, 2.45) is 0 Å². The number of pyridine rings is 1. The molecule has 1 aromatic rings. The van der Waals surface area contributed by atoms with E-state index in [1.165, 1.54) is 0 Å². The van der Waals surface area contributed by atoms with Crippen molar-refractivity contribution >= 4 is 8.32 Å². The summed E-state index contributed by atoms with van der Waals surface area (Å²) in [6.07, 6.45) is 3.46. The fourth-order valence-corrected chi connectivity index (χ4v) is 3.47. The molecule has 1 aromatic heterocycles. The van der Waals surface area contributed by atoms with Crippen LogP contribution in [0, 0.1) is 5.21 Å². The number of hydrogen-bond acceptors (Lipinski definition) is 2. The Morgan fingerprint density at radius 2 is 2.06 bits per heavy atom. The molecule has 1 unspecified atom stereocenters. The summed E-state index contributed by atoms with van der Waals surface area (Å²) in [7, 11) is -1.77. The zero-order valence-electron chi connectivity index (χ0n) is 12.0. The Bertz CT molecular complexity index is 452. The van der Waals surface area contributed by atoms with Gasteiger partial charge in [-0.2, -0.15) is 4.73 Å². The predicted molar refractivity (Wildman–Crippen MR) is 74.7 cm³/mol. The van der Waals surface area contributed by atoms with Crippen molar-refractivity contribution in [2.75, 3.05) is 0 Å². The van der Waals surface area contributed by atoms with E-state index in [0.29, 0.717) is 0 Å². The molecule has 1 aliphatic rings.